The van der Waals surface area contributed by atoms with Crippen LogP contribution in [-0.2, 0) is 20.9 Å². The largest absolute Gasteiger partial charge is 0.387 e. The second kappa shape index (κ2) is 10.1. The lowest BCUT2D eigenvalue weighted by atomic mass is 10.1. The third-order valence-electron chi connectivity index (χ3n) is 6.43. The summed E-state index contributed by atoms with van der Waals surface area (Å²) in [5.41, 5.74) is 8.34. The van der Waals surface area contributed by atoms with Gasteiger partial charge < -0.3 is 36.6 Å². The third-order valence-corrected chi connectivity index (χ3v) is 6.43. The smallest absolute Gasteiger partial charge is 0.251 e. The molecule has 0 unspecified atom stereocenters. The molecule has 7 N–H and O–H groups in total. The first kappa shape index (κ1) is 24.5. The van der Waals surface area contributed by atoms with Gasteiger partial charge in [-0.25, -0.2) is 15.0 Å². The maximum absolute atomic E-state index is 12.3. The standard InChI is InChI=1S/C23H26N8O6/c24-20-17-21(28-9-27-20)31(10-29-17)23-19(35)18(34)14(37-23)8-25-15(32)5-2-6-16(33)30-13-4-1-3-11-12(13)7-26-22(11)36/h1,3-4,9-10,14,18-19,23,34-35H,2,5-8H2,(H,25,32)(H,26,36)(H,30,33)(H2,24,27,28)/t14-,18-,19-,23-/m1/s1. The summed E-state index contributed by atoms with van der Waals surface area (Å²) in [6.07, 6.45) is -1.27. The van der Waals surface area contributed by atoms with Gasteiger partial charge in [-0.3, -0.25) is 19.0 Å². The summed E-state index contributed by atoms with van der Waals surface area (Å²) in [5, 5.41) is 29.1. The first-order valence-electron chi connectivity index (χ1n) is 11.7. The van der Waals surface area contributed by atoms with Crippen molar-refractivity contribution in [1.29, 1.82) is 0 Å². The molecular formula is C23H26N8O6. The molecule has 14 heteroatoms. The number of anilines is 2. The van der Waals surface area contributed by atoms with Crippen LogP contribution >= 0.6 is 0 Å². The molecule has 4 heterocycles. The lowest BCUT2D eigenvalue weighted by molar-refractivity contribution is -0.122. The van der Waals surface area contributed by atoms with Gasteiger partial charge in [0.2, 0.25) is 11.8 Å². The Kier molecular flexibility index (Phi) is 6.69. The number of fused-ring (bicyclic) bond motifs is 2. The highest BCUT2D eigenvalue weighted by Gasteiger charge is 2.44. The molecule has 1 saturated heterocycles. The highest BCUT2D eigenvalue weighted by atomic mass is 16.6. The van der Waals surface area contributed by atoms with E-state index in [1.807, 2.05) is 0 Å². The van der Waals surface area contributed by atoms with E-state index < -0.39 is 24.5 Å². The molecule has 3 amide bonds. The van der Waals surface area contributed by atoms with Gasteiger partial charge in [0.05, 0.1) is 6.33 Å². The number of aliphatic hydroxyl groups is 2. The molecule has 194 valence electrons. The minimum atomic E-state index is -1.29. The molecular weight excluding hydrogens is 484 g/mol. The number of hydrogen-bond donors (Lipinski definition) is 6. The number of nitrogens with zero attached hydrogens (tertiary/aromatic N) is 4. The van der Waals surface area contributed by atoms with E-state index in [2.05, 4.69) is 30.9 Å². The van der Waals surface area contributed by atoms with Gasteiger partial charge in [-0.2, -0.15) is 0 Å². The van der Waals surface area contributed by atoms with E-state index >= 15 is 0 Å². The van der Waals surface area contributed by atoms with Crippen molar-refractivity contribution in [2.45, 2.75) is 50.3 Å². The summed E-state index contributed by atoms with van der Waals surface area (Å²) < 4.78 is 7.25. The van der Waals surface area contributed by atoms with Crippen molar-refractivity contribution in [3.8, 4) is 0 Å². The summed E-state index contributed by atoms with van der Waals surface area (Å²) in [6.45, 7) is 0.317. The summed E-state index contributed by atoms with van der Waals surface area (Å²) >= 11 is 0. The third kappa shape index (κ3) is 4.81. The second-order valence-electron chi connectivity index (χ2n) is 8.85. The van der Waals surface area contributed by atoms with E-state index in [-0.39, 0.29) is 42.9 Å². The zero-order chi connectivity index (χ0) is 26.1. The first-order chi connectivity index (χ1) is 17.8. The number of nitrogen functional groups attached to an aromatic ring is 1. The van der Waals surface area contributed by atoms with Crippen LogP contribution in [0.15, 0.2) is 30.9 Å². The molecule has 0 spiro atoms. The Morgan fingerprint density at radius 2 is 1.97 bits per heavy atom. The number of imidazole rings is 1. The number of benzene rings is 1. The minimum Gasteiger partial charge on any atom is -0.387 e. The van der Waals surface area contributed by atoms with E-state index in [1.54, 1.807) is 18.2 Å². The molecule has 1 fully saturated rings. The lowest BCUT2D eigenvalue weighted by Crippen LogP contribution is -2.39. The molecule has 0 radical (unpaired) electrons. The summed E-state index contributed by atoms with van der Waals surface area (Å²) in [7, 11) is 0. The lowest BCUT2D eigenvalue weighted by Gasteiger charge is -2.16. The number of aromatic nitrogens is 4. The van der Waals surface area contributed by atoms with Crippen LogP contribution in [0, 0.1) is 0 Å². The number of hydrogen-bond acceptors (Lipinski definition) is 10. The predicted molar refractivity (Wildman–Crippen MR) is 129 cm³/mol. The van der Waals surface area contributed by atoms with E-state index in [0.29, 0.717) is 35.4 Å². The van der Waals surface area contributed by atoms with Crippen LogP contribution in [0.3, 0.4) is 0 Å². The van der Waals surface area contributed by atoms with Crippen molar-refractivity contribution in [3.63, 3.8) is 0 Å². The average molecular weight is 511 g/mol. The molecule has 2 aliphatic heterocycles. The molecule has 0 aliphatic carbocycles. The summed E-state index contributed by atoms with van der Waals surface area (Å²) in [6, 6.07) is 5.13. The van der Waals surface area contributed by atoms with Gasteiger partial charge in [0, 0.05) is 42.7 Å². The molecule has 4 atom stereocenters. The monoisotopic (exact) mass is 510 g/mol. The van der Waals surface area contributed by atoms with Crippen molar-refractivity contribution in [2.75, 3.05) is 17.6 Å². The van der Waals surface area contributed by atoms with Crippen LogP contribution in [0.5, 0.6) is 0 Å². The number of carbonyl (C=O) groups is 3. The highest BCUT2D eigenvalue weighted by Crippen LogP contribution is 2.31. The molecule has 3 aromatic rings. The molecule has 14 nitrogen and oxygen atoms in total. The summed E-state index contributed by atoms with van der Waals surface area (Å²) in [4.78, 5) is 48.5. The molecule has 2 aromatic heterocycles. The van der Waals surface area contributed by atoms with Gasteiger partial charge in [0.15, 0.2) is 17.7 Å². The van der Waals surface area contributed by atoms with Crippen LogP contribution < -0.4 is 21.7 Å². The van der Waals surface area contributed by atoms with Gasteiger partial charge in [-0.05, 0) is 18.6 Å². The maximum atomic E-state index is 12.3. The topological polar surface area (TPSA) is 207 Å². The highest BCUT2D eigenvalue weighted by molar-refractivity contribution is 6.02. The second-order valence-corrected chi connectivity index (χ2v) is 8.85. The fourth-order valence-corrected chi connectivity index (χ4v) is 4.48. The van der Waals surface area contributed by atoms with Gasteiger partial charge in [-0.15, -0.1) is 0 Å². The number of ether oxygens (including phenoxy) is 1. The molecule has 5 rings (SSSR count). The number of carbonyl (C=O) groups excluding carboxylic acids is 3. The van der Waals surface area contributed by atoms with Crippen molar-refractivity contribution in [3.05, 3.63) is 42.0 Å². The summed E-state index contributed by atoms with van der Waals surface area (Å²) in [5.74, 6) is -0.590. The Labute approximate surface area is 210 Å². The van der Waals surface area contributed by atoms with Crippen molar-refractivity contribution >= 4 is 40.4 Å². The fourth-order valence-electron chi connectivity index (χ4n) is 4.48. The molecule has 2 aliphatic rings. The van der Waals surface area contributed by atoms with Crippen molar-refractivity contribution in [1.82, 2.24) is 30.2 Å². The fraction of sp³-hybridized carbons (Fsp3) is 0.391. The quantitative estimate of drug-likeness (QED) is 0.222. The van der Waals surface area contributed by atoms with Gasteiger partial charge in [-0.1, -0.05) is 6.07 Å². The van der Waals surface area contributed by atoms with E-state index in [0.717, 1.165) is 5.56 Å². The van der Waals surface area contributed by atoms with Crippen LogP contribution in [0.25, 0.3) is 11.2 Å². The molecule has 1 aromatic carbocycles. The van der Waals surface area contributed by atoms with Gasteiger partial charge >= 0.3 is 0 Å². The van der Waals surface area contributed by atoms with Crippen LogP contribution in [-0.4, -0.2) is 72.3 Å². The number of rotatable bonds is 8. The SMILES string of the molecule is Nc1ncnc2c1ncn2[C@@H]1O[C@H](CNC(=O)CCCC(=O)Nc2cccc3c2CNC3=O)[C@@H](O)[C@H]1O. The van der Waals surface area contributed by atoms with E-state index in [4.69, 9.17) is 10.5 Å². The zero-order valence-electron chi connectivity index (χ0n) is 19.6. The van der Waals surface area contributed by atoms with Crippen molar-refractivity contribution in [2.24, 2.45) is 0 Å². The number of aliphatic hydroxyl groups excluding tert-OH is 2. The van der Waals surface area contributed by atoms with E-state index in [1.165, 1.54) is 17.2 Å². The number of amides is 3. The zero-order valence-corrected chi connectivity index (χ0v) is 19.6. The Hall–Kier alpha value is -4.14. The molecule has 0 bridgehead atoms. The first-order valence-corrected chi connectivity index (χ1v) is 11.7. The van der Waals surface area contributed by atoms with E-state index in [9.17, 15) is 24.6 Å². The van der Waals surface area contributed by atoms with Crippen LogP contribution in [0.2, 0.25) is 0 Å². The van der Waals surface area contributed by atoms with Gasteiger partial charge in [0.1, 0.15) is 30.2 Å². The predicted octanol–water partition coefficient (Wildman–Crippen LogP) is -0.804. The average Bonchev–Trinajstić information content (AvgIpc) is 3.56. The van der Waals surface area contributed by atoms with Gasteiger partial charge in [0.25, 0.3) is 5.91 Å². The van der Waals surface area contributed by atoms with Crippen LogP contribution in [0.4, 0.5) is 11.5 Å². The normalized spacial score (nSPS) is 22.6. The number of nitrogens with one attached hydrogen (secondary N) is 3. The molecule has 0 saturated carbocycles. The minimum absolute atomic E-state index is 0.0410. The Balaban J connectivity index is 1.09. The van der Waals surface area contributed by atoms with Crippen LogP contribution in [0.1, 0.15) is 41.4 Å². The Morgan fingerprint density at radius 3 is 2.81 bits per heavy atom. The maximum Gasteiger partial charge on any atom is 0.251 e. The number of nitrogens with two attached hydrogens (primary N) is 1. The Morgan fingerprint density at radius 1 is 1.16 bits per heavy atom. The van der Waals surface area contributed by atoms with Crippen molar-refractivity contribution < 1.29 is 29.3 Å². The Bertz CT molecular complexity index is 1360. The molecule has 37 heavy (non-hydrogen) atoms.